The van der Waals surface area contributed by atoms with E-state index in [4.69, 9.17) is 9.98 Å². The van der Waals surface area contributed by atoms with Crippen LogP contribution in [0.25, 0.3) is 0 Å². The Morgan fingerprint density at radius 1 is 0.690 bits per heavy atom. The molecule has 0 saturated heterocycles. The molecular weight excluding hydrogens is 399 g/mol. The summed E-state index contributed by atoms with van der Waals surface area (Å²) in [5, 5.41) is 0. The van der Waals surface area contributed by atoms with Crippen molar-refractivity contribution < 1.29 is 16.5 Å². The van der Waals surface area contributed by atoms with Crippen molar-refractivity contribution in [2.75, 3.05) is 0 Å². The van der Waals surface area contributed by atoms with Crippen LogP contribution in [0.5, 0.6) is 0 Å². The third-order valence-corrected chi connectivity index (χ3v) is 4.69. The molecule has 29 heavy (non-hydrogen) atoms. The number of aliphatic imine (C=N–C) groups is 2. The molecule has 3 heteroatoms. The molecule has 0 aliphatic rings. The summed E-state index contributed by atoms with van der Waals surface area (Å²) in [7, 11) is 0. The van der Waals surface area contributed by atoms with Crippen LogP contribution in [-0.2, 0) is 16.5 Å². The summed E-state index contributed by atoms with van der Waals surface area (Å²) in [6.45, 7) is 10.5. The summed E-state index contributed by atoms with van der Waals surface area (Å²) in [5.41, 5.74) is 9.92. The molecule has 0 atom stereocenters. The van der Waals surface area contributed by atoms with E-state index in [0.717, 1.165) is 22.6 Å². The topological polar surface area (TPSA) is 24.7 Å². The van der Waals surface area contributed by atoms with Gasteiger partial charge < -0.3 is 7.43 Å². The third kappa shape index (κ3) is 5.98. The van der Waals surface area contributed by atoms with Crippen LogP contribution in [0.15, 0.2) is 70.6 Å². The summed E-state index contributed by atoms with van der Waals surface area (Å²) >= 11 is 0. The van der Waals surface area contributed by atoms with Crippen molar-refractivity contribution in [3.63, 3.8) is 0 Å². The molecule has 0 heterocycles. The van der Waals surface area contributed by atoms with Gasteiger partial charge in [-0.25, -0.2) is 4.99 Å². The minimum Gasteiger partial charge on any atom is -0.358 e. The third-order valence-electron chi connectivity index (χ3n) is 4.69. The minimum atomic E-state index is 0. The zero-order valence-electron chi connectivity index (χ0n) is 18.1. The number of para-hydroxylation sites is 1. The van der Waals surface area contributed by atoms with E-state index in [-0.39, 0.29) is 23.9 Å². The largest absolute Gasteiger partial charge is 0.358 e. The van der Waals surface area contributed by atoms with Gasteiger partial charge in [-0.1, -0.05) is 66.2 Å². The first-order valence-corrected chi connectivity index (χ1v) is 9.28. The van der Waals surface area contributed by atoms with Crippen LogP contribution in [-0.4, -0.2) is 11.9 Å². The van der Waals surface area contributed by atoms with Gasteiger partial charge in [0.15, 0.2) is 0 Å². The molecule has 0 unspecified atom stereocenters. The Hall–Kier alpha value is -2.51. The Bertz CT molecular complexity index is 975. The molecule has 0 saturated carbocycles. The average Bonchev–Trinajstić information content (AvgIpc) is 2.63. The Kier molecular flexibility index (Phi) is 9.20. The van der Waals surface area contributed by atoms with E-state index in [0.29, 0.717) is 0 Å². The van der Waals surface area contributed by atoms with Crippen LogP contribution in [0.4, 0.5) is 11.4 Å². The molecule has 3 rings (SSSR count). The van der Waals surface area contributed by atoms with Gasteiger partial charge in [-0.3, -0.25) is 4.99 Å². The van der Waals surface area contributed by atoms with Crippen LogP contribution in [0.3, 0.4) is 0 Å². The van der Waals surface area contributed by atoms with E-state index in [2.05, 4.69) is 77.1 Å². The van der Waals surface area contributed by atoms with Gasteiger partial charge in [0.2, 0.25) is 0 Å². The van der Waals surface area contributed by atoms with Crippen molar-refractivity contribution >= 4 is 23.3 Å². The maximum absolute atomic E-state index is 4.99. The Morgan fingerprint density at radius 3 is 1.79 bits per heavy atom. The predicted octanol–water partition coefficient (Wildman–Crippen LogP) is 7.20. The molecule has 0 spiro atoms. The van der Waals surface area contributed by atoms with Crippen LogP contribution in [0, 0.1) is 42.0 Å². The van der Waals surface area contributed by atoms with Crippen molar-refractivity contribution in [1.29, 1.82) is 0 Å². The Balaban J connectivity index is 0.00000210. The average molecular weight is 428 g/mol. The van der Waals surface area contributed by atoms with Gasteiger partial charge in [0.05, 0.1) is 23.3 Å². The maximum Gasteiger partial charge on any atom is 0.0892 e. The van der Waals surface area contributed by atoms with Crippen molar-refractivity contribution in [3.8, 4) is 0 Å². The van der Waals surface area contributed by atoms with Crippen molar-refractivity contribution in [1.82, 2.24) is 0 Å². The molecule has 3 aromatic carbocycles. The molecule has 0 aliphatic carbocycles. The number of benzene rings is 3. The van der Waals surface area contributed by atoms with E-state index in [1.54, 1.807) is 0 Å². The van der Waals surface area contributed by atoms with Gasteiger partial charge in [-0.2, -0.15) is 0 Å². The summed E-state index contributed by atoms with van der Waals surface area (Å²) in [6.07, 6.45) is 1.89. The first-order valence-electron chi connectivity index (χ1n) is 9.28. The van der Waals surface area contributed by atoms with Gasteiger partial charge in [0.1, 0.15) is 0 Å². The second-order valence-corrected chi connectivity index (χ2v) is 7.11. The fourth-order valence-corrected chi connectivity index (χ4v) is 3.38. The molecule has 0 N–H and O–H groups in total. The van der Waals surface area contributed by atoms with Gasteiger partial charge in [0.25, 0.3) is 0 Å². The van der Waals surface area contributed by atoms with Crippen molar-refractivity contribution in [2.45, 2.75) is 34.6 Å². The molecule has 0 aromatic heterocycles. The van der Waals surface area contributed by atoms with E-state index >= 15 is 0 Å². The number of hydrogen-bond acceptors (Lipinski definition) is 2. The Morgan fingerprint density at radius 2 is 1.24 bits per heavy atom. The smallest absolute Gasteiger partial charge is 0.0892 e. The first-order chi connectivity index (χ1) is 13.0. The quantitative estimate of drug-likeness (QED) is 0.239. The fraction of sp³-hybridized carbons (Fsp3) is 0.192. The first kappa shape index (κ1) is 24.5. The van der Waals surface area contributed by atoms with E-state index in [1.807, 2.05) is 24.4 Å². The van der Waals surface area contributed by atoms with E-state index < -0.39 is 0 Å². The molecule has 3 aromatic rings. The molecular formula is C26H29N2Ni-. The monoisotopic (exact) mass is 427 g/mol. The second-order valence-electron chi connectivity index (χ2n) is 7.11. The molecule has 0 amide bonds. The van der Waals surface area contributed by atoms with Gasteiger partial charge in [0, 0.05) is 22.1 Å². The second kappa shape index (κ2) is 10.9. The molecule has 0 bridgehead atoms. The summed E-state index contributed by atoms with van der Waals surface area (Å²) in [6, 6.07) is 20.8. The molecule has 0 aliphatic heterocycles. The molecule has 2 nitrogen and oxygen atoms in total. The van der Waals surface area contributed by atoms with E-state index in [1.165, 1.54) is 27.8 Å². The standard InChI is InChI=1S/C25H26N2.CH3.Ni/c1-17-14-20(4)24(21(5)15-17)26-16-23(22-12-7-6-8-13-22)27-25-18(2)10-9-11-19(25)3;;/h6-16H,1-5H3;1H3;/q;-1;. The predicted molar refractivity (Wildman–Crippen MR) is 124 cm³/mol. The number of rotatable bonds is 4. The Labute approximate surface area is 185 Å². The normalized spacial score (nSPS) is 11.1. The van der Waals surface area contributed by atoms with Gasteiger partial charge >= 0.3 is 0 Å². The van der Waals surface area contributed by atoms with Gasteiger partial charge in [-0.05, 0) is 56.9 Å². The summed E-state index contributed by atoms with van der Waals surface area (Å²) in [4.78, 5) is 9.81. The minimum absolute atomic E-state index is 0. The SMILES string of the molecule is Cc1cc(C)c(N=CC(=Nc2c(C)cccc2C)c2ccccc2)c(C)c1.[CH3-].[Ni]. The van der Waals surface area contributed by atoms with Crippen LogP contribution >= 0.6 is 0 Å². The maximum atomic E-state index is 4.99. The zero-order valence-corrected chi connectivity index (χ0v) is 19.0. The summed E-state index contributed by atoms with van der Waals surface area (Å²) in [5.74, 6) is 0. The fourth-order valence-electron chi connectivity index (χ4n) is 3.38. The van der Waals surface area contributed by atoms with Crippen molar-refractivity contribution in [3.05, 3.63) is 101 Å². The van der Waals surface area contributed by atoms with Crippen LogP contribution in [0.1, 0.15) is 33.4 Å². The number of nitrogens with zero attached hydrogens (tertiary/aromatic N) is 2. The van der Waals surface area contributed by atoms with Crippen LogP contribution in [0.2, 0.25) is 0 Å². The number of hydrogen-bond donors (Lipinski definition) is 0. The molecule has 0 radical (unpaired) electrons. The molecule has 0 fully saturated rings. The van der Waals surface area contributed by atoms with Crippen LogP contribution < -0.4 is 0 Å². The summed E-state index contributed by atoms with van der Waals surface area (Å²) < 4.78 is 0. The molecule has 154 valence electrons. The number of aryl methyl sites for hydroxylation is 5. The zero-order chi connectivity index (χ0) is 19.4. The van der Waals surface area contributed by atoms with Gasteiger partial charge in [-0.15, -0.1) is 0 Å². The van der Waals surface area contributed by atoms with E-state index in [9.17, 15) is 0 Å². The van der Waals surface area contributed by atoms with Crippen molar-refractivity contribution in [2.24, 2.45) is 9.98 Å².